The highest BCUT2D eigenvalue weighted by Crippen LogP contribution is 2.25. The average Bonchev–Trinajstić information content (AvgIpc) is 2.74. The lowest BCUT2D eigenvalue weighted by molar-refractivity contribution is -0.909. The first-order valence-corrected chi connectivity index (χ1v) is 9.32. The molecule has 1 amide bonds. The highest BCUT2D eigenvalue weighted by molar-refractivity contribution is 5.96. The van der Waals surface area contributed by atoms with Crippen molar-refractivity contribution in [1.82, 2.24) is 5.32 Å². The molecule has 0 bridgehead atoms. The molecular weight excluding hydrogens is 360 g/mol. The molecule has 3 N–H and O–H groups in total. The van der Waals surface area contributed by atoms with Crippen LogP contribution in [0.2, 0.25) is 0 Å². The zero-order chi connectivity index (χ0) is 19.9. The van der Waals surface area contributed by atoms with Crippen LogP contribution in [-0.4, -0.2) is 50.7 Å². The quantitative estimate of drug-likeness (QED) is 0.488. The average molecular weight is 385 g/mol. The monoisotopic (exact) mass is 385 g/mol. The number of ether oxygens (including phenoxy) is 1. The van der Waals surface area contributed by atoms with Crippen LogP contribution in [0.1, 0.15) is 22.0 Å². The Bertz CT molecular complexity index is 822. The maximum absolute atomic E-state index is 12.9. The van der Waals surface area contributed by atoms with Gasteiger partial charge in [-0.15, -0.1) is 0 Å². The van der Waals surface area contributed by atoms with Crippen LogP contribution in [0.15, 0.2) is 48.5 Å². The van der Waals surface area contributed by atoms with E-state index in [0.29, 0.717) is 18.9 Å². The van der Waals surface area contributed by atoms with E-state index in [0.717, 1.165) is 25.2 Å². The summed E-state index contributed by atoms with van der Waals surface area (Å²) in [5.74, 6) is -0.327. The minimum Gasteiger partial charge on any atom is -0.383 e. The van der Waals surface area contributed by atoms with Crippen LogP contribution in [0.3, 0.4) is 0 Å². The van der Waals surface area contributed by atoms with E-state index in [4.69, 9.17) is 4.74 Å². The summed E-state index contributed by atoms with van der Waals surface area (Å²) in [7, 11) is 1.61. The molecule has 8 nitrogen and oxygen atoms in total. The van der Waals surface area contributed by atoms with Crippen LogP contribution in [0.4, 0.5) is 11.4 Å². The molecule has 1 fully saturated rings. The third-order valence-electron chi connectivity index (χ3n) is 4.93. The van der Waals surface area contributed by atoms with E-state index < -0.39 is 4.92 Å². The first kappa shape index (κ1) is 19.8. The van der Waals surface area contributed by atoms with Gasteiger partial charge in [0.25, 0.3) is 11.6 Å². The normalized spacial score (nSPS) is 15.6. The molecule has 1 aliphatic rings. The van der Waals surface area contributed by atoms with E-state index in [-0.39, 0.29) is 23.2 Å². The Morgan fingerprint density at radius 1 is 1.21 bits per heavy atom. The maximum atomic E-state index is 12.9. The number of nitrogens with one attached hydrogen (secondary N) is 3. The second kappa shape index (κ2) is 9.29. The van der Waals surface area contributed by atoms with Crippen molar-refractivity contribution >= 4 is 17.3 Å². The van der Waals surface area contributed by atoms with E-state index in [1.807, 2.05) is 30.3 Å². The molecule has 0 unspecified atom stereocenters. The van der Waals surface area contributed by atoms with Crippen molar-refractivity contribution in [2.75, 3.05) is 45.2 Å². The third-order valence-corrected chi connectivity index (χ3v) is 4.93. The van der Waals surface area contributed by atoms with Crippen molar-refractivity contribution < 1.29 is 19.4 Å². The molecule has 148 valence electrons. The summed E-state index contributed by atoms with van der Waals surface area (Å²) < 4.78 is 5.42. The molecule has 1 aliphatic heterocycles. The number of hydrogen-bond acceptors (Lipinski definition) is 5. The predicted octanol–water partition coefficient (Wildman–Crippen LogP) is 1.02. The summed E-state index contributed by atoms with van der Waals surface area (Å²) in [6.07, 6.45) is 0. The van der Waals surface area contributed by atoms with E-state index in [1.165, 1.54) is 11.0 Å². The molecule has 8 heteroatoms. The number of nitro benzene ring substituents is 1. The smallest absolute Gasteiger partial charge is 0.293 e. The van der Waals surface area contributed by atoms with Gasteiger partial charge in [0.05, 0.1) is 18.1 Å². The molecular formula is C20H25N4O4+. The Morgan fingerprint density at radius 2 is 1.93 bits per heavy atom. The summed E-state index contributed by atoms with van der Waals surface area (Å²) in [6, 6.07) is 14.1. The molecule has 28 heavy (non-hydrogen) atoms. The summed E-state index contributed by atoms with van der Waals surface area (Å²) in [6.45, 7) is 3.93. The first-order chi connectivity index (χ1) is 13.6. The molecule has 2 aromatic carbocycles. The summed E-state index contributed by atoms with van der Waals surface area (Å²) in [4.78, 5) is 25.0. The zero-order valence-electron chi connectivity index (χ0n) is 15.8. The second-order valence-electron chi connectivity index (χ2n) is 6.74. The minimum absolute atomic E-state index is 0.120. The van der Waals surface area contributed by atoms with Gasteiger partial charge in [0.2, 0.25) is 0 Å². The zero-order valence-corrected chi connectivity index (χ0v) is 15.8. The number of carbonyl (C=O) groups is 1. The highest BCUT2D eigenvalue weighted by Gasteiger charge is 2.24. The Balaban J connectivity index is 1.80. The van der Waals surface area contributed by atoms with E-state index >= 15 is 0 Å². The Morgan fingerprint density at radius 3 is 2.57 bits per heavy atom. The number of carbonyl (C=O) groups excluding carboxylic acids is 1. The number of benzene rings is 2. The number of quaternary nitrogens is 1. The molecule has 1 heterocycles. The van der Waals surface area contributed by atoms with Gasteiger partial charge in [-0.1, -0.05) is 30.3 Å². The minimum atomic E-state index is -0.491. The van der Waals surface area contributed by atoms with Crippen molar-refractivity contribution in [3.8, 4) is 0 Å². The van der Waals surface area contributed by atoms with Gasteiger partial charge < -0.3 is 20.3 Å². The molecule has 2 aromatic rings. The number of morpholine rings is 1. The van der Waals surface area contributed by atoms with Gasteiger partial charge in [-0.3, -0.25) is 14.9 Å². The van der Waals surface area contributed by atoms with Crippen molar-refractivity contribution in [2.45, 2.75) is 6.04 Å². The van der Waals surface area contributed by atoms with Crippen LogP contribution in [0.5, 0.6) is 0 Å². The fraction of sp³-hybridized carbons (Fsp3) is 0.350. The topological polar surface area (TPSA) is 97.9 Å². The van der Waals surface area contributed by atoms with Crippen LogP contribution in [0.25, 0.3) is 0 Å². The van der Waals surface area contributed by atoms with Crippen LogP contribution >= 0.6 is 0 Å². The number of nitrogens with zero attached hydrogens (tertiary/aromatic N) is 1. The lowest BCUT2D eigenvalue weighted by Crippen LogP contribution is -3.14. The highest BCUT2D eigenvalue weighted by atomic mass is 16.6. The third kappa shape index (κ3) is 4.85. The van der Waals surface area contributed by atoms with Crippen LogP contribution < -0.4 is 15.5 Å². The number of nitro groups is 1. The Kier molecular flexibility index (Phi) is 6.57. The van der Waals surface area contributed by atoms with Gasteiger partial charge in [0, 0.05) is 18.7 Å². The largest absolute Gasteiger partial charge is 0.383 e. The lowest BCUT2D eigenvalue weighted by Gasteiger charge is -2.28. The molecule has 0 saturated carbocycles. The predicted molar refractivity (Wildman–Crippen MR) is 106 cm³/mol. The summed E-state index contributed by atoms with van der Waals surface area (Å²) >= 11 is 0. The van der Waals surface area contributed by atoms with E-state index in [1.54, 1.807) is 19.2 Å². The molecule has 0 aromatic heterocycles. The molecule has 0 spiro atoms. The number of anilines is 1. The van der Waals surface area contributed by atoms with Gasteiger partial charge in [-0.25, -0.2) is 0 Å². The Labute approximate surface area is 163 Å². The van der Waals surface area contributed by atoms with Crippen molar-refractivity contribution in [2.24, 2.45) is 0 Å². The second-order valence-corrected chi connectivity index (χ2v) is 6.74. The van der Waals surface area contributed by atoms with Gasteiger partial charge in [-0.05, 0) is 17.7 Å². The first-order valence-electron chi connectivity index (χ1n) is 9.32. The molecule has 0 aliphatic carbocycles. The summed E-state index contributed by atoms with van der Waals surface area (Å²) in [5, 5.41) is 17.1. The number of rotatable bonds is 7. The van der Waals surface area contributed by atoms with E-state index in [9.17, 15) is 14.9 Å². The fourth-order valence-corrected chi connectivity index (χ4v) is 3.37. The van der Waals surface area contributed by atoms with Gasteiger partial charge in [0.15, 0.2) is 0 Å². The van der Waals surface area contributed by atoms with Gasteiger partial charge in [0.1, 0.15) is 31.4 Å². The number of amides is 1. The number of hydrogen-bond donors (Lipinski definition) is 3. The fourth-order valence-electron chi connectivity index (χ4n) is 3.37. The lowest BCUT2D eigenvalue weighted by atomic mass is 10.0. The standard InChI is InChI=1S/C20H24N4O4/c1-21-17-8-7-16(13-19(17)24(26)27)20(25)22-18(15-5-3-2-4-6-15)14-23-9-11-28-12-10-23/h2-8,13,18,21H,9-12,14H2,1H3,(H,22,25)/p+1/t18-/m0/s1. The van der Waals surface area contributed by atoms with Crippen molar-refractivity contribution in [3.05, 3.63) is 69.8 Å². The SMILES string of the molecule is CNc1ccc(C(=O)N[C@@H](C[NH+]2CCOCC2)c2ccccc2)cc1[N+](=O)[O-]. The van der Waals surface area contributed by atoms with Crippen LogP contribution in [0, 0.1) is 10.1 Å². The van der Waals surface area contributed by atoms with Crippen molar-refractivity contribution in [1.29, 1.82) is 0 Å². The van der Waals surface area contributed by atoms with Gasteiger partial charge >= 0.3 is 0 Å². The molecule has 0 radical (unpaired) electrons. The maximum Gasteiger partial charge on any atom is 0.293 e. The Hall–Kier alpha value is -2.97. The molecule has 1 saturated heterocycles. The summed E-state index contributed by atoms with van der Waals surface area (Å²) in [5.41, 5.74) is 1.53. The van der Waals surface area contributed by atoms with Crippen molar-refractivity contribution in [3.63, 3.8) is 0 Å². The van der Waals surface area contributed by atoms with E-state index in [2.05, 4.69) is 10.6 Å². The molecule has 3 rings (SSSR count). The van der Waals surface area contributed by atoms with Crippen LogP contribution in [-0.2, 0) is 4.74 Å². The molecule has 1 atom stereocenters. The van der Waals surface area contributed by atoms with Gasteiger partial charge in [-0.2, -0.15) is 0 Å².